The topological polar surface area (TPSA) is 59.9 Å². The number of hydrogen-bond acceptors (Lipinski definition) is 4. The number of hydrogen-bond donors (Lipinski definition) is 1. The van der Waals surface area contributed by atoms with E-state index >= 15 is 0 Å². The molecule has 0 bridgehead atoms. The Morgan fingerprint density at radius 1 is 1.10 bits per heavy atom. The maximum Gasteiger partial charge on any atom is 0.277 e. The average molecular weight is 475 g/mol. The lowest BCUT2D eigenvalue weighted by molar-refractivity contribution is -0.123. The first-order valence-corrected chi connectivity index (χ1v) is 10.7. The SMILES string of the molecule is COc1ccc(Br)cc1/C=N\NC(=O)COc1ccc(C(C)(C)CC(C)(C)C)cc1. The molecule has 0 saturated carbocycles. The van der Waals surface area contributed by atoms with E-state index in [-0.39, 0.29) is 23.3 Å². The fourth-order valence-corrected chi connectivity index (χ4v) is 3.97. The van der Waals surface area contributed by atoms with Gasteiger partial charge in [-0.25, -0.2) is 5.43 Å². The van der Waals surface area contributed by atoms with Crippen LogP contribution in [-0.2, 0) is 10.2 Å². The second-order valence-corrected chi connectivity index (χ2v) is 10.0. The van der Waals surface area contributed by atoms with Crippen molar-refractivity contribution in [1.82, 2.24) is 5.43 Å². The molecule has 0 aromatic heterocycles. The summed E-state index contributed by atoms with van der Waals surface area (Å²) in [6.07, 6.45) is 2.61. The van der Waals surface area contributed by atoms with Gasteiger partial charge in [-0.05, 0) is 53.1 Å². The summed E-state index contributed by atoms with van der Waals surface area (Å²) in [4.78, 5) is 12.0. The van der Waals surface area contributed by atoms with Crippen LogP contribution in [0.3, 0.4) is 0 Å². The van der Waals surface area contributed by atoms with Crippen LogP contribution in [0.5, 0.6) is 11.5 Å². The smallest absolute Gasteiger partial charge is 0.277 e. The summed E-state index contributed by atoms with van der Waals surface area (Å²) in [5.41, 5.74) is 4.78. The standard InChI is InChI=1S/C24H31BrN2O3/c1-23(2,3)16-24(4,5)18-7-10-20(11-8-18)30-15-22(28)27-26-14-17-13-19(25)9-12-21(17)29-6/h7-14H,15-16H2,1-6H3,(H,27,28)/b26-14-. The Morgan fingerprint density at radius 3 is 2.37 bits per heavy atom. The molecule has 0 saturated heterocycles. The second kappa shape index (κ2) is 10.1. The molecule has 0 aliphatic rings. The zero-order valence-electron chi connectivity index (χ0n) is 18.6. The molecular formula is C24H31BrN2O3. The van der Waals surface area contributed by atoms with Crippen molar-refractivity contribution >= 4 is 28.1 Å². The van der Waals surface area contributed by atoms with Crippen LogP contribution in [0.2, 0.25) is 0 Å². The molecule has 5 nitrogen and oxygen atoms in total. The van der Waals surface area contributed by atoms with Gasteiger partial charge in [0, 0.05) is 10.0 Å². The molecule has 0 radical (unpaired) electrons. The van der Waals surface area contributed by atoms with E-state index < -0.39 is 0 Å². The normalized spacial score (nSPS) is 12.1. The minimum absolute atomic E-state index is 0.0658. The summed E-state index contributed by atoms with van der Waals surface area (Å²) in [6.45, 7) is 11.1. The van der Waals surface area contributed by atoms with E-state index in [9.17, 15) is 4.79 Å². The van der Waals surface area contributed by atoms with Crippen molar-refractivity contribution in [2.75, 3.05) is 13.7 Å². The summed E-state index contributed by atoms with van der Waals surface area (Å²) >= 11 is 3.40. The largest absolute Gasteiger partial charge is 0.496 e. The van der Waals surface area contributed by atoms with Crippen LogP contribution in [0.4, 0.5) is 0 Å². The summed E-state index contributed by atoms with van der Waals surface area (Å²) in [5, 5.41) is 3.98. The number of halogens is 1. The Hall–Kier alpha value is -2.34. The molecule has 0 atom stereocenters. The maximum absolute atomic E-state index is 12.0. The van der Waals surface area contributed by atoms with Crippen LogP contribution in [0.15, 0.2) is 52.0 Å². The lowest BCUT2D eigenvalue weighted by atomic mass is 9.72. The van der Waals surface area contributed by atoms with Crippen molar-refractivity contribution in [2.45, 2.75) is 46.5 Å². The van der Waals surface area contributed by atoms with Gasteiger partial charge in [0.15, 0.2) is 6.61 Å². The number of nitrogens with zero attached hydrogens (tertiary/aromatic N) is 1. The van der Waals surface area contributed by atoms with E-state index in [1.165, 1.54) is 11.8 Å². The van der Waals surface area contributed by atoms with E-state index in [0.717, 1.165) is 16.5 Å². The molecule has 0 heterocycles. The minimum atomic E-state index is -0.336. The Balaban J connectivity index is 1.89. The monoisotopic (exact) mass is 474 g/mol. The Labute approximate surface area is 188 Å². The fraction of sp³-hybridized carbons (Fsp3) is 0.417. The van der Waals surface area contributed by atoms with Crippen LogP contribution >= 0.6 is 15.9 Å². The molecule has 0 unspecified atom stereocenters. The number of carbonyl (C=O) groups is 1. The number of amides is 1. The Kier molecular flexibility index (Phi) is 8.07. The molecule has 1 amide bonds. The van der Waals surface area contributed by atoms with Crippen molar-refractivity contribution < 1.29 is 14.3 Å². The number of carbonyl (C=O) groups excluding carboxylic acids is 1. The van der Waals surface area contributed by atoms with E-state index in [2.05, 4.69) is 73.2 Å². The number of rotatable bonds is 8. The first kappa shape index (κ1) is 23.9. The highest BCUT2D eigenvalue weighted by Gasteiger charge is 2.27. The van der Waals surface area contributed by atoms with E-state index in [1.54, 1.807) is 7.11 Å². The summed E-state index contributed by atoms with van der Waals surface area (Å²) in [6, 6.07) is 13.5. The van der Waals surface area contributed by atoms with Crippen molar-refractivity contribution in [2.24, 2.45) is 10.5 Å². The third-order valence-corrected chi connectivity index (χ3v) is 5.06. The molecule has 0 spiro atoms. The number of benzene rings is 2. The highest BCUT2D eigenvalue weighted by Crippen LogP contribution is 2.36. The van der Waals surface area contributed by atoms with Gasteiger partial charge in [-0.2, -0.15) is 5.10 Å². The quantitative estimate of drug-likeness (QED) is 0.394. The Bertz CT molecular complexity index is 884. The van der Waals surface area contributed by atoms with E-state index in [0.29, 0.717) is 11.5 Å². The lowest BCUT2D eigenvalue weighted by Gasteiger charge is -2.33. The van der Waals surface area contributed by atoms with Crippen LogP contribution in [-0.4, -0.2) is 25.8 Å². The zero-order valence-corrected chi connectivity index (χ0v) is 20.2. The van der Waals surface area contributed by atoms with Gasteiger partial charge < -0.3 is 9.47 Å². The van der Waals surface area contributed by atoms with Gasteiger partial charge in [0.05, 0.1) is 13.3 Å². The molecule has 2 aromatic rings. The summed E-state index contributed by atoms with van der Waals surface area (Å²) in [7, 11) is 1.59. The van der Waals surface area contributed by atoms with Crippen LogP contribution in [0.1, 0.15) is 52.2 Å². The highest BCUT2D eigenvalue weighted by molar-refractivity contribution is 9.10. The molecule has 162 valence electrons. The molecule has 2 rings (SSSR count). The van der Waals surface area contributed by atoms with Crippen molar-refractivity contribution in [1.29, 1.82) is 0 Å². The Morgan fingerprint density at radius 2 is 1.77 bits per heavy atom. The average Bonchev–Trinajstić information content (AvgIpc) is 2.65. The van der Waals surface area contributed by atoms with Crippen molar-refractivity contribution in [3.63, 3.8) is 0 Å². The van der Waals surface area contributed by atoms with E-state index in [1.807, 2.05) is 30.3 Å². The minimum Gasteiger partial charge on any atom is -0.496 e. The number of methoxy groups -OCH3 is 1. The number of ether oxygens (including phenoxy) is 2. The summed E-state index contributed by atoms with van der Waals surface area (Å²) in [5.74, 6) is 0.984. The maximum atomic E-state index is 12.0. The first-order chi connectivity index (χ1) is 14.0. The molecular weight excluding hydrogens is 444 g/mol. The van der Waals surface area contributed by atoms with Crippen LogP contribution in [0.25, 0.3) is 0 Å². The number of nitrogens with one attached hydrogen (secondary N) is 1. The predicted octanol–water partition coefficient (Wildman–Crippen LogP) is 5.70. The van der Waals surface area contributed by atoms with Gasteiger partial charge in [0.25, 0.3) is 5.91 Å². The molecule has 0 aliphatic carbocycles. The zero-order chi connectivity index (χ0) is 22.4. The molecule has 0 fully saturated rings. The van der Waals surface area contributed by atoms with Gasteiger partial charge in [-0.3, -0.25) is 4.79 Å². The van der Waals surface area contributed by atoms with Gasteiger partial charge in [0.2, 0.25) is 0 Å². The van der Waals surface area contributed by atoms with Crippen molar-refractivity contribution in [3.05, 3.63) is 58.1 Å². The van der Waals surface area contributed by atoms with Crippen molar-refractivity contribution in [3.8, 4) is 11.5 Å². The molecule has 0 aliphatic heterocycles. The predicted molar refractivity (Wildman–Crippen MR) is 125 cm³/mol. The van der Waals surface area contributed by atoms with E-state index in [4.69, 9.17) is 9.47 Å². The van der Waals surface area contributed by atoms with Gasteiger partial charge in [-0.15, -0.1) is 0 Å². The van der Waals surface area contributed by atoms with Crippen LogP contribution in [0, 0.1) is 5.41 Å². The molecule has 1 N–H and O–H groups in total. The van der Waals surface area contributed by atoms with Gasteiger partial charge in [0.1, 0.15) is 11.5 Å². The van der Waals surface area contributed by atoms with Crippen LogP contribution < -0.4 is 14.9 Å². The lowest BCUT2D eigenvalue weighted by Crippen LogP contribution is -2.25. The molecule has 30 heavy (non-hydrogen) atoms. The van der Waals surface area contributed by atoms with Gasteiger partial charge in [-0.1, -0.05) is 62.7 Å². The summed E-state index contributed by atoms with van der Waals surface area (Å²) < 4.78 is 11.8. The first-order valence-electron chi connectivity index (χ1n) is 9.89. The number of hydrazone groups is 1. The highest BCUT2D eigenvalue weighted by atomic mass is 79.9. The molecule has 6 heteroatoms. The molecule has 2 aromatic carbocycles. The third kappa shape index (κ3) is 7.48. The fourth-order valence-electron chi connectivity index (χ4n) is 3.59. The second-order valence-electron chi connectivity index (χ2n) is 9.11. The third-order valence-electron chi connectivity index (χ3n) is 4.56. The van der Waals surface area contributed by atoms with Gasteiger partial charge >= 0.3 is 0 Å².